The Balaban J connectivity index is 2.29. The lowest BCUT2D eigenvalue weighted by atomic mass is 10.2. The first-order chi connectivity index (χ1) is 7.16. The van der Waals surface area contributed by atoms with E-state index in [0.29, 0.717) is 23.0 Å². The molecule has 0 fully saturated rings. The lowest BCUT2D eigenvalue weighted by Gasteiger charge is -2.05. The summed E-state index contributed by atoms with van der Waals surface area (Å²) in [6.45, 7) is 2.58. The minimum Gasteiger partial charge on any atom is -0.365 e. The van der Waals surface area contributed by atoms with Crippen LogP contribution in [0.15, 0.2) is 22.7 Å². The topological polar surface area (TPSA) is 64.1 Å². The zero-order chi connectivity index (χ0) is 10.8. The second-order valence-electron chi connectivity index (χ2n) is 3.53. The van der Waals surface area contributed by atoms with Crippen LogP contribution in [0.5, 0.6) is 0 Å². The van der Waals surface area contributed by atoms with E-state index in [1.165, 1.54) is 0 Å². The van der Waals surface area contributed by atoms with Gasteiger partial charge >= 0.3 is 0 Å². The number of fused-ring (bicyclic) bond motifs is 1. The maximum atomic E-state index is 5.83. The van der Waals surface area contributed by atoms with E-state index in [1.54, 1.807) is 12.1 Å². The quantitative estimate of drug-likeness (QED) is 0.841. The molecule has 0 aliphatic carbocycles. The predicted molar refractivity (Wildman–Crippen MR) is 61.2 cm³/mol. The maximum absolute atomic E-state index is 5.83. The Bertz CT molecular complexity index is 467. The van der Waals surface area contributed by atoms with Gasteiger partial charge in [0, 0.05) is 23.7 Å². The molecule has 3 N–H and O–H groups in total. The molecule has 0 aliphatic heterocycles. The molecule has 0 radical (unpaired) electrons. The first kappa shape index (κ1) is 10.3. The summed E-state index contributed by atoms with van der Waals surface area (Å²) < 4.78 is 5.12. The van der Waals surface area contributed by atoms with Crippen molar-refractivity contribution in [2.75, 3.05) is 11.9 Å². The van der Waals surface area contributed by atoms with Crippen molar-refractivity contribution >= 4 is 28.4 Å². The molecule has 0 saturated carbocycles. The van der Waals surface area contributed by atoms with Crippen LogP contribution in [0.25, 0.3) is 11.0 Å². The molecule has 1 heterocycles. The smallest absolute Gasteiger partial charge is 0.177 e. The van der Waals surface area contributed by atoms with Crippen molar-refractivity contribution in [1.82, 2.24) is 5.16 Å². The zero-order valence-corrected chi connectivity index (χ0v) is 9.08. The van der Waals surface area contributed by atoms with E-state index in [4.69, 9.17) is 21.9 Å². The number of hydrogen-bond acceptors (Lipinski definition) is 4. The summed E-state index contributed by atoms with van der Waals surface area (Å²) in [5, 5.41) is 8.57. The SMILES string of the molecule is CC(N)CNc1noc2cc(Cl)ccc12. The lowest BCUT2D eigenvalue weighted by Crippen LogP contribution is -2.25. The summed E-state index contributed by atoms with van der Waals surface area (Å²) in [7, 11) is 0. The van der Waals surface area contributed by atoms with Crippen LogP contribution in [0, 0.1) is 0 Å². The van der Waals surface area contributed by atoms with Crippen LogP contribution < -0.4 is 11.1 Å². The average Bonchev–Trinajstić information content (AvgIpc) is 2.57. The Morgan fingerprint density at radius 1 is 1.60 bits per heavy atom. The summed E-state index contributed by atoms with van der Waals surface area (Å²) in [5.74, 6) is 0.707. The minimum absolute atomic E-state index is 0.0732. The van der Waals surface area contributed by atoms with Gasteiger partial charge in [-0.15, -0.1) is 0 Å². The molecule has 0 aliphatic rings. The Morgan fingerprint density at radius 3 is 3.13 bits per heavy atom. The lowest BCUT2D eigenvalue weighted by molar-refractivity contribution is 0.459. The minimum atomic E-state index is 0.0732. The molecule has 0 spiro atoms. The standard InChI is InChI=1S/C10H12ClN3O/c1-6(12)5-13-10-8-3-2-7(11)4-9(8)15-14-10/h2-4,6H,5,12H2,1H3,(H,13,14). The third kappa shape index (κ3) is 2.22. The average molecular weight is 226 g/mol. The predicted octanol–water partition coefficient (Wildman–Crippen LogP) is 2.24. The van der Waals surface area contributed by atoms with Crippen LogP contribution in [-0.2, 0) is 0 Å². The van der Waals surface area contributed by atoms with Gasteiger partial charge in [0.05, 0.1) is 5.39 Å². The van der Waals surface area contributed by atoms with E-state index in [1.807, 2.05) is 13.0 Å². The van der Waals surface area contributed by atoms with E-state index in [0.717, 1.165) is 5.39 Å². The second kappa shape index (κ2) is 4.08. The molecule has 1 unspecified atom stereocenters. The van der Waals surface area contributed by atoms with Gasteiger partial charge in [-0.25, -0.2) is 0 Å². The largest absolute Gasteiger partial charge is 0.365 e. The highest BCUT2D eigenvalue weighted by molar-refractivity contribution is 6.31. The summed E-state index contributed by atoms with van der Waals surface area (Å²) in [5.41, 5.74) is 6.31. The van der Waals surface area contributed by atoms with Gasteiger partial charge in [0.2, 0.25) is 0 Å². The van der Waals surface area contributed by atoms with Gasteiger partial charge in [0.15, 0.2) is 11.4 Å². The van der Waals surface area contributed by atoms with Crippen LogP contribution in [-0.4, -0.2) is 17.7 Å². The summed E-state index contributed by atoms with van der Waals surface area (Å²) in [4.78, 5) is 0. The first-order valence-corrected chi connectivity index (χ1v) is 5.09. The Labute approximate surface area is 92.4 Å². The fourth-order valence-electron chi connectivity index (χ4n) is 1.30. The van der Waals surface area contributed by atoms with Crippen molar-refractivity contribution in [3.8, 4) is 0 Å². The molecule has 0 saturated heterocycles. The van der Waals surface area contributed by atoms with Crippen molar-refractivity contribution in [3.63, 3.8) is 0 Å². The Morgan fingerprint density at radius 2 is 2.40 bits per heavy atom. The van der Waals surface area contributed by atoms with Crippen LogP contribution in [0.4, 0.5) is 5.82 Å². The summed E-state index contributed by atoms with van der Waals surface area (Å²) >= 11 is 5.83. The molecule has 2 aromatic rings. The van der Waals surface area contributed by atoms with E-state index < -0.39 is 0 Å². The third-order valence-corrected chi connectivity index (χ3v) is 2.26. The van der Waals surface area contributed by atoms with Gasteiger partial charge in [-0.1, -0.05) is 16.8 Å². The second-order valence-corrected chi connectivity index (χ2v) is 3.97. The van der Waals surface area contributed by atoms with Crippen molar-refractivity contribution in [2.24, 2.45) is 5.73 Å². The number of nitrogens with one attached hydrogen (secondary N) is 1. The summed E-state index contributed by atoms with van der Waals surface area (Å²) in [6.07, 6.45) is 0. The number of hydrogen-bond donors (Lipinski definition) is 2. The molecular weight excluding hydrogens is 214 g/mol. The molecule has 4 nitrogen and oxygen atoms in total. The van der Waals surface area contributed by atoms with Crippen molar-refractivity contribution in [2.45, 2.75) is 13.0 Å². The molecule has 1 atom stereocenters. The third-order valence-electron chi connectivity index (χ3n) is 2.03. The van der Waals surface area contributed by atoms with Crippen LogP contribution >= 0.6 is 11.6 Å². The zero-order valence-electron chi connectivity index (χ0n) is 8.33. The molecular formula is C10H12ClN3O. The van der Waals surface area contributed by atoms with Gasteiger partial charge < -0.3 is 15.6 Å². The van der Waals surface area contributed by atoms with Crippen molar-refractivity contribution < 1.29 is 4.52 Å². The number of rotatable bonds is 3. The van der Waals surface area contributed by atoms with Gasteiger partial charge in [-0.05, 0) is 19.1 Å². The highest BCUT2D eigenvalue weighted by Crippen LogP contribution is 2.25. The van der Waals surface area contributed by atoms with E-state index in [9.17, 15) is 0 Å². The van der Waals surface area contributed by atoms with Crippen LogP contribution in [0.3, 0.4) is 0 Å². The van der Waals surface area contributed by atoms with E-state index in [2.05, 4.69) is 10.5 Å². The number of nitrogens with zero attached hydrogens (tertiary/aromatic N) is 1. The maximum Gasteiger partial charge on any atom is 0.177 e. The van der Waals surface area contributed by atoms with Crippen LogP contribution in [0.2, 0.25) is 5.02 Å². The Hall–Kier alpha value is -1.26. The Kier molecular flexibility index (Phi) is 2.79. The molecule has 0 bridgehead atoms. The van der Waals surface area contributed by atoms with Gasteiger partial charge in [0.25, 0.3) is 0 Å². The fourth-order valence-corrected chi connectivity index (χ4v) is 1.46. The fraction of sp³-hybridized carbons (Fsp3) is 0.300. The van der Waals surface area contributed by atoms with Gasteiger partial charge in [0.1, 0.15) is 0 Å². The highest BCUT2D eigenvalue weighted by Gasteiger charge is 2.08. The van der Waals surface area contributed by atoms with Crippen molar-refractivity contribution in [3.05, 3.63) is 23.2 Å². The number of halogens is 1. The first-order valence-electron chi connectivity index (χ1n) is 4.71. The molecule has 2 rings (SSSR count). The van der Waals surface area contributed by atoms with Crippen LogP contribution in [0.1, 0.15) is 6.92 Å². The molecule has 1 aromatic heterocycles. The van der Waals surface area contributed by atoms with Crippen molar-refractivity contribution in [1.29, 1.82) is 0 Å². The number of anilines is 1. The van der Waals surface area contributed by atoms with E-state index >= 15 is 0 Å². The number of aromatic nitrogens is 1. The normalized spacial score (nSPS) is 13.0. The highest BCUT2D eigenvalue weighted by atomic mass is 35.5. The molecule has 5 heteroatoms. The van der Waals surface area contributed by atoms with Gasteiger partial charge in [-0.3, -0.25) is 0 Å². The van der Waals surface area contributed by atoms with Gasteiger partial charge in [-0.2, -0.15) is 0 Å². The molecule has 80 valence electrons. The number of nitrogens with two attached hydrogens (primary N) is 1. The summed E-state index contributed by atoms with van der Waals surface area (Å²) in [6, 6.07) is 5.49. The molecule has 1 aromatic carbocycles. The monoisotopic (exact) mass is 225 g/mol. The van der Waals surface area contributed by atoms with E-state index in [-0.39, 0.29) is 6.04 Å². The molecule has 0 amide bonds. The number of benzene rings is 1. The molecule has 15 heavy (non-hydrogen) atoms.